The lowest BCUT2D eigenvalue weighted by Crippen LogP contribution is -2.45. The van der Waals surface area contributed by atoms with Crippen LogP contribution in [0.5, 0.6) is 0 Å². The molecule has 70 heavy (non-hydrogen) atoms. The Hall–Kier alpha value is -1.66. The second kappa shape index (κ2) is 59.9. The lowest BCUT2D eigenvalue weighted by Gasteiger charge is -2.22. The largest absolute Gasteiger partial charge is 0.466 e. The molecule has 0 aliphatic carbocycles. The number of hydrogen-bond acceptors (Lipinski definition) is 5. The first-order valence-electron chi connectivity index (χ1n) is 31.6. The van der Waals surface area contributed by atoms with Gasteiger partial charge in [-0.1, -0.05) is 282 Å². The van der Waals surface area contributed by atoms with Crippen LogP contribution in [-0.2, 0) is 14.3 Å². The minimum atomic E-state index is -0.670. The first-order valence-corrected chi connectivity index (χ1v) is 31.6. The predicted octanol–water partition coefficient (Wildman–Crippen LogP) is 19.8. The van der Waals surface area contributed by atoms with Crippen LogP contribution in [0.2, 0.25) is 0 Å². The van der Waals surface area contributed by atoms with Gasteiger partial charge >= 0.3 is 5.97 Å². The summed E-state index contributed by atoms with van der Waals surface area (Å²) in [6, 6.07) is -0.548. The Kier molecular flexibility index (Phi) is 58.5. The van der Waals surface area contributed by atoms with E-state index in [4.69, 9.17) is 4.74 Å². The summed E-state index contributed by atoms with van der Waals surface area (Å²) in [6.45, 7) is 4.95. The van der Waals surface area contributed by atoms with Gasteiger partial charge in [-0.05, 0) is 77.0 Å². The van der Waals surface area contributed by atoms with Crippen molar-refractivity contribution in [1.29, 1.82) is 0 Å². The van der Waals surface area contributed by atoms with Crippen LogP contribution in [0.15, 0.2) is 24.3 Å². The van der Waals surface area contributed by atoms with E-state index >= 15 is 0 Å². The molecule has 2 unspecified atom stereocenters. The molecular weight excluding hydrogens is 863 g/mol. The molecule has 0 saturated heterocycles. The third-order valence-corrected chi connectivity index (χ3v) is 14.7. The van der Waals surface area contributed by atoms with Crippen LogP contribution in [0.3, 0.4) is 0 Å². The maximum atomic E-state index is 12.5. The number of carbonyl (C=O) groups excluding carboxylic acids is 2. The van der Waals surface area contributed by atoms with Crippen LogP contribution in [0, 0.1) is 0 Å². The number of allylic oxidation sites excluding steroid dienone is 4. The molecule has 0 heterocycles. The topological polar surface area (TPSA) is 95.9 Å². The van der Waals surface area contributed by atoms with Crippen molar-refractivity contribution < 1.29 is 24.5 Å². The molecule has 414 valence electrons. The highest BCUT2D eigenvalue weighted by atomic mass is 16.5. The van der Waals surface area contributed by atoms with Gasteiger partial charge in [0, 0.05) is 12.8 Å². The number of aliphatic hydroxyl groups excluding tert-OH is 2. The van der Waals surface area contributed by atoms with E-state index in [-0.39, 0.29) is 18.5 Å². The monoisotopic (exact) mass is 986 g/mol. The zero-order valence-electron chi connectivity index (χ0n) is 47.3. The molecular formula is C64H123NO5. The van der Waals surface area contributed by atoms with Gasteiger partial charge in [0.25, 0.3) is 0 Å². The van der Waals surface area contributed by atoms with Crippen molar-refractivity contribution in [2.24, 2.45) is 0 Å². The Morgan fingerprint density at radius 2 is 0.671 bits per heavy atom. The fourth-order valence-electron chi connectivity index (χ4n) is 9.87. The SMILES string of the molecule is CCCCCC/C=C\CCCCCCCC(=O)OCCCCCCCCCCCC/C=C\CCCCCCCCCC(=O)NC(CO)C(O)CCCCCCCCCCCCCCCCCCCCC. The second-order valence-electron chi connectivity index (χ2n) is 21.7. The van der Waals surface area contributed by atoms with Gasteiger partial charge in [0.05, 0.1) is 25.4 Å². The van der Waals surface area contributed by atoms with Gasteiger partial charge in [-0.2, -0.15) is 0 Å². The molecule has 0 aliphatic heterocycles. The summed E-state index contributed by atoms with van der Waals surface area (Å²) in [4.78, 5) is 24.5. The van der Waals surface area contributed by atoms with Gasteiger partial charge in [-0.3, -0.25) is 9.59 Å². The van der Waals surface area contributed by atoms with Gasteiger partial charge in [-0.25, -0.2) is 0 Å². The lowest BCUT2D eigenvalue weighted by atomic mass is 10.0. The van der Waals surface area contributed by atoms with Gasteiger partial charge < -0.3 is 20.3 Å². The smallest absolute Gasteiger partial charge is 0.305 e. The Balaban J connectivity index is 3.43. The zero-order valence-corrected chi connectivity index (χ0v) is 47.3. The fraction of sp³-hybridized carbons (Fsp3) is 0.906. The molecule has 3 N–H and O–H groups in total. The summed E-state index contributed by atoms with van der Waals surface area (Å²) in [7, 11) is 0. The highest BCUT2D eigenvalue weighted by Gasteiger charge is 2.20. The molecule has 0 bridgehead atoms. The number of rotatable bonds is 59. The highest BCUT2D eigenvalue weighted by Crippen LogP contribution is 2.18. The van der Waals surface area contributed by atoms with Crippen LogP contribution < -0.4 is 5.32 Å². The van der Waals surface area contributed by atoms with Crippen molar-refractivity contribution in [3.05, 3.63) is 24.3 Å². The first-order chi connectivity index (χ1) is 34.5. The Morgan fingerprint density at radius 1 is 0.386 bits per heavy atom. The summed E-state index contributed by atoms with van der Waals surface area (Å²) in [6.07, 6.45) is 73.3. The summed E-state index contributed by atoms with van der Waals surface area (Å²) in [5.74, 6) is -0.0404. The van der Waals surface area contributed by atoms with E-state index in [9.17, 15) is 19.8 Å². The second-order valence-corrected chi connectivity index (χ2v) is 21.7. The Morgan fingerprint density at radius 3 is 1.03 bits per heavy atom. The van der Waals surface area contributed by atoms with E-state index < -0.39 is 12.1 Å². The number of esters is 1. The van der Waals surface area contributed by atoms with Crippen LogP contribution >= 0.6 is 0 Å². The molecule has 1 amide bonds. The molecule has 0 aromatic heterocycles. The third kappa shape index (κ3) is 55.7. The van der Waals surface area contributed by atoms with Gasteiger partial charge in [0.2, 0.25) is 5.91 Å². The highest BCUT2D eigenvalue weighted by molar-refractivity contribution is 5.76. The minimum Gasteiger partial charge on any atom is -0.466 e. The van der Waals surface area contributed by atoms with Crippen molar-refractivity contribution in [3.8, 4) is 0 Å². The van der Waals surface area contributed by atoms with E-state index in [2.05, 4.69) is 43.5 Å². The standard InChI is InChI=1S/C64H123NO5/c1-3-5-7-9-11-13-15-17-18-19-23-26-29-33-36-40-44-48-52-56-62(67)61(60-66)65-63(68)57-53-49-45-41-37-34-30-27-24-21-20-22-25-28-31-35-39-43-47-51-55-59-70-64(69)58-54-50-46-42-38-32-16-14-12-10-8-6-4-2/h14,16,21,24,61-62,66-67H,3-13,15,17-20,22-23,25-60H2,1-2H3,(H,65,68)/b16-14-,24-21-. The molecule has 0 fully saturated rings. The molecule has 0 spiro atoms. The van der Waals surface area contributed by atoms with Crippen molar-refractivity contribution in [2.75, 3.05) is 13.2 Å². The number of ether oxygens (including phenoxy) is 1. The van der Waals surface area contributed by atoms with E-state index in [1.165, 1.54) is 270 Å². The van der Waals surface area contributed by atoms with Gasteiger partial charge in [0.1, 0.15) is 0 Å². The molecule has 0 saturated carbocycles. The fourth-order valence-corrected chi connectivity index (χ4v) is 9.87. The number of aliphatic hydroxyl groups is 2. The average Bonchev–Trinajstić information content (AvgIpc) is 3.36. The van der Waals surface area contributed by atoms with E-state index in [1.54, 1.807) is 0 Å². The number of unbranched alkanes of at least 4 members (excludes halogenated alkanes) is 44. The van der Waals surface area contributed by atoms with E-state index in [1.807, 2.05) is 0 Å². The van der Waals surface area contributed by atoms with Crippen LogP contribution in [0.1, 0.15) is 348 Å². The average molecular weight is 987 g/mol. The number of carbonyl (C=O) groups is 2. The maximum Gasteiger partial charge on any atom is 0.305 e. The zero-order chi connectivity index (χ0) is 50.7. The van der Waals surface area contributed by atoms with Crippen LogP contribution in [-0.4, -0.2) is 47.4 Å². The van der Waals surface area contributed by atoms with Crippen LogP contribution in [0.25, 0.3) is 0 Å². The van der Waals surface area contributed by atoms with Crippen LogP contribution in [0.4, 0.5) is 0 Å². The molecule has 0 aromatic carbocycles. The lowest BCUT2D eigenvalue weighted by molar-refractivity contribution is -0.143. The third-order valence-electron chi connectivity index (χ3n) is 14.7. The maximum absolute atomic E-state index is 12.5. The summed E-state index contributed by atoms with van der Waals surface area (Å²) in [5.41, 5.74) is 0. The number of amides is 1. The summed E-state index contributed by atoms with van der Waals surface area (Å²) in [5, 5.41) is 23.4. The van der Waals surface area contributed by atoms with Crippen molar-refractivity contribution in [3.63, 3.8) is 0 Å². The normalized spacial score (nSPS) is 12.7. The molecule has 0 rings (SSSR count). The molecule has 0 aromatic rings. The quantitative estimate of drug-likeness (QED) is 0.0321. The summed E-state index contributed by atoms with van der Waals surface area (Å²) >= 11 is 0. The number of hydrogen-bond donors (Lipinski definition) is 3. The Bertz CT molecular complexity index is 1090. The predicted molar refractivity (Wildman–Crippen MR) is 306 cm³/mol. The van der Waals surface area contributed by atoms with E-state index in [0.29, 0.717) is 25.9 Å². The molecule has 2 atom stereocenters. The van der Waals surface area contributed by atoms with Gasteiger partial charge in [0.15, 0.2) is 0 Å². The molecule has 0 radical (unpaired) electrons. The van der Waals surface area contributed by atoms with Crippen molar-refractivity contribution in [2.45, 2.75) is 360 Å². The molecule has 0 aliphatic rings. The first kappa shape index (κ1) is 68.3. The Labute approximate surface area is 437 Å². The van der Waals surface area contributed by atoms with Crippen molar-refractivity contribution >= 4 is 11.9 Å². The van der Waals surface area contributed by atoms with Gasteiger partial charge in [-0.15, -0.1) is 0 Å². The molecule has 6 heteroatoms. The van der Waals surface area contributed by atoms with E-state index in [0.717, 1.165) is 44.9 Å². The minimum absolute atomic E-state index is 0.000543. The number of nitrogens with one attached hydrogen (secondary N) is 1. The van der Waals surface area contributed by atoms with Crippen molar-refractivity contribution in [1.82, 2.24) is 5.32 Å². The summed E-state index contributed by atoms with van der Waals surface area (Å²) < 4.78 is 5.47. The molecule has 6 nitrogen and oxygen atoms in total.